The van der Waals surface area contributed by atoms with Crippen molar-refractivity contribution in [3.05, 3.63) is 53.0 Å². The van der Waals surface area contributed by atoms with Crippen LogP contribution in [-0.4, -0.2) is 16.5 Å². The lowest BCUT2D eigenvalue weighted by Crippen LogP contribution is -2.24. The second-order valence-electron chi connectivity index (χ2n) is 4.90. The van der Waals surface area contributed by atoms with E-state index in [0.717, 1.165) is 41.4 Å². The Kier molecular flexibility index (Phi) is 4.96. The summed E-state index contributed by atoms with van der Waals surface area (Å²) in [5.41, 5.74) is 4.31. The lowest BCUT2D eigenvalue weighted by molar-refractivity contribution is 0.786. The second-order valence-corrected chi connectivity index (χ2v) is 5.17. The van der Waals surface area contributed by atoms with Gasteiger partial charge in [0.15, 0.2) is 0 Å². The average Bonchev–Trinajstić information content (AvgIpc) is 2.45. The predicted molar refractivity (Wildman–Crippen MR) is 84.2 cm³/mol. The van der Waals surface area contributed by atoms with Crippen LogP contribution in [0.15, 0.2) is 30.5 Å². The number of rotatable bonds is 5. The summed E-state index contributed by atoms with van der Waals surface area (Å²) in [4.78, 5) is 11.3. The van der Waals surface area contributed by atoms with Gasteiger partial charge < -0.3 is 4.90 Å². The molecule has 0 unspecified atom stereocenters. The number of aryl methyl sites for hydroxylation is 2. The SMILES string of the molecule is CCN(Cc1cccc(C)n1)c1ncc(CCl)cc1C. The molecule has 20 heavy (non-hydrogen) atoms. The number of anilines is 1. The monoisotopic (exact) mass is 289 g/mol. The number of alkyl halides is 1. The Balaban J connectivity index is 2.24. The maximum absolute atomic E-state index is 5.85. The maximum Gasteiger partial charge on any atom is 0.131 e. The van der Waals surface area contributed by atoms with Gasteiger partial charge in [-0.05, 0) is 50.1 Å². The van der Waals surface area contributed by atoms with Crippen molar-refractivity contribution in [1.29, 1.82) is 0 Å². The molecular weight excluding hydrogens is 270 g/mol. The van der Waals surface area contributed by atoms with Crippen LogP contribution in [0.2, 0.25) is 0 Å². The summed E-state index contributed by atoms with van der Waals surface area (Å²) >= 11 is 5.85. The smallest absolute Gasteiger partial charge is 0.131 e. The fourth-order valence-electron chi connectivity index (χ4n) is 2.25. The number of halogens is 1. The van der Waals surface area contributed by atoms with Crippen LogP contribution in [0.25, 0.3) is 0 Å². The van der Waals surface area contributed by atoms with Crippen LogP contribution < -0.4 is 4.90 Å². The van der Waals surface area contributed by atoms with Crippen molar-refractivity contribution >= 4 is 17.4 Å². The topological polar surface area (TPSA) is 29.0 Å². The number of hydrogen-bond acceptors (Lipinski definition) is 3. The molecule has 0 fully saturated rings. The normalized spacial score (nSPS) is 10.6. The minimum Gasteiger partial charge on any atom is -0.351 e. The highest BCUT2D eigenvalue weighted by atomic mass is 35.5. The van der Waals surface area contributed by atoms with Crippen LogP contribution >= 0.6 is 11.6 Å². The molecular formula is C16H20ClN3. The van der Waals surface area contributed by atoms with Gasteiger partial charge in [-0.3, -0.25) is 4.98 Å². The van der Waals surface area contributed by atoms with Gasteiger partial charge in [-0.15, -0.1) is 11.6 Å². The highest BCUT2D eigenvalue weighted by Crippen LogP contribution is 2.20. The zero-order chi connectivity index (χ0) is 14.5. The Morgan fingerprint density at radius 3 is 2.65 bits per heavy atom. The average molecular weight is 290 g/mol. The number of hydrogen-bond donors (Lipinski definition) is 0. The molecule has 2 aromatic rings. The minimum atomic E-state index is 0.500. The Labute approximate surface area is 125 Å². The Bertz CT molecular complexity index is 584. The first-order chi connectivity index (χ1) is 9.63. The molecule has 0 atom stereocenters. The first-order valence-corrected chi connectivity index (χ1v) is 7.36. The first kappa shape index (κ1) is 14.8. The maximum atomic E-state index is 5.85. The molecule has 3 nitrogen and oxygen atoms in total. The van der Waals surface area contributed by atoms with Crippen molar-refractivity contribution in [3.63, 3.8) is 0 Å². The molecule has 0 amide bonds. The van der Waals surface area contributed by atoms with Crippen LogP contribution in [0.4, 0.5) is 5.82 Å². The number of aromatic nitrogens is 2. The Hall–Kier alpha value is -1.61. The zero-order valence-electron chi connectivity index (χ0n) is 12.2. The van der Waals surface area contributed by atoms with Gasteiger partial charge in [0.25, 0.3) is 0 Å². The van der Waals surface area contributed by atoms with Gasteiger partial charge in [0, 0.05) is 24.3 Å². The molecule has 0 radical (unpaired) electrons. The Morgan fingerprint density at radius 2 is 2.05 bits per heavy atom. The molecule has 0 saturated heterocycles. The van der Waals surface area contributed by atoms with E-state index in [9.17, 15) is 0 Å². The Morgan fingerprint density at radius 1 is 1.25 bits per heavy atom. The molecule has 0 spiro atoms. The molecule has 0 bridgehead atoms. The van der Waals surface area contributed by atoms with Gasteiger partial charge in [-0.25, -0.2) is 4.98 Å². The summed E-state index contributed by atoms with van der Waals surface area (Å²) in [6.45, 7) is 7.88. The highest BCUT2D eigenvalue weighted by Gasteiger charge is 2.11. The summed E-state index contributed by atoms with van der Waals surface area (Å²) in [6, 6.07) is 8.21. The van der Waals surface area contributed by atoms with E-state index in [4.69, 9.17) is 11.6 Å². The molecule has 0 N–H and O–H groups in total. The third-order valence-electron chi connectivity index (χ3n) is 3.24. The molecule has 0 aliphatic rings. The van der Waals surface area contributed by atoms with E-state index in [1.165, 1.54) is 0 Å². The molecule has 2 heterocycles. The molecule has 0 saturated carbocycles. The van der Waals surface area contributed by atoms with Crippen molar-refractivity contribution < 1.29 is 0 Å². The third-order valence-corrected chi connectivity index (χ3v) is 3.55. The van der Waals surface area contributed by atoms with Crippen LogP contribution in [0.1, 0.15) is 29.4 Å². The van der Waals surface area contributed by atoms with Crippen molar-refractivity contribution in [2.24, 2.45) is 0 Å². The molecule has 4 heteroatoms. The molecule has 0 aromatic carbocycles. The van der Waals surface area contributed by atoms with E-state index < -0.39 is 0 Å². The second kappa shape index (κ2) is 6.71. The fourth-order valence-corrected chi connectivity index (χ4v) is 2.40. The van der Waals surface area contributed by atoms with Gasteiger partial charge in [0.2, 0.25) is 0 Å². The lowest BCUT2D eigenvalue weighted by atomic mass is 10.2. The largest absolute Gasteiger partial charge is 0.351 e. The fraction of sp³-hybridized carbons (Fsp3) is 0.375. The van der Waals surface area contributed by atoms with E-state index in [0.29, 0.717) is 5.88 Å². The first-order valence-electron chi connectivity index (χ1n) is 6.83. The number of pyridine rings is 2. The van der Waals surface area contributed by atoms with E-state index in [2.05, 4.69) is 40.8 Å². The van der Waals surface area contributed by atoms with E-state index >= 15 is 0 Å². The molecule has 0 aliphatic heterocycles. The lowest BCUT2D eigenvalue weighted by Gasteiger charge is -2.23. The highest BCUT2D eigenvalue weighted by molar-refractivity contribution is 6.17. The minimum absolute atomic E-state index is 0.500. The van der Waals surface area contributed by atoms with Crippen LogP contribution in [-0.2, 0) is 12.4 Å². The van der Waals surface area contributed by atoms with Gasteiger partial charge in [-0.1, -0.05) is 6.07 Å². The number of nitrogens with zero attached hydrogens (tertiary/aromatic N) is 3. The van der Waals surface area contributed by atoms with Crippen LogP contribution in [0, 0.1) is 13.8 Å². The van der Waals surface area contributed by atoms with Gasteiger partial charge in [0.1, 0.15) is 5.82 Å². The van der Waals surface area contributed by atoms with Gasteiger partial charge >= 0.3 is 0 Å². The van der Waals surface area contributed by atoms with Crippen LogP contribution in [0.3, 0.4) is 0 Å². The summed E-state index contributed by atoms with van der Waals surface area (Å²) in [5, 5.41) is 0. The van der Waals surface area contributed by atoms with Gasteiger partial charge in [-0.2, -0.15) is 0 Å². The summed E-state index contributed by atoms with van der Waals surface area (Å²) in [5.74, 6) is 1.50. The quantitative estimate of drug-likeness (QED) is 0.783. The van der Waals surface area contributed by atoms with Crippen molar-refractivity contribution in [3.8, 4) is 0 Å². The summed E-state index contributed by atoms with van der Waals surface area (Å²) in [7, 11) is 0. The van der Waals surface area contributed by atoms with Crippen molar-refractivity contribution in [1.82, 2.24) is 9.97 Å². The standard InChI is InChI=1S/C16H20ClN3/c1-4-20(11-15-7-5-6-13(3)19-15)16-12(2)8-14(9-17)10-18-16/h5-8,10H,4,9,11H2,1-3H3. The van der Waals surface area contributed by atoms with Crippen molar-refractivity contribution in [2.45, 2.75) is 33.2 Å². The van der Waals surface area contributed by atoms with E-state index in [-0.39, 0.29) is 0 Å². The predicted octanol–water partition coefficient (Wildman–Crippen LogP) is 3.86. The van der Waals surface area contributed by atoms with Crippen LogP contribution in [0.5, 0.6) is 0 Å². The molecule has 2 rings (SSSR count). The third kappa shape index (κ3) is 3.48. The van der Waals surface area contributed by atoms with Gasteiger partial charge in [0.05, 0.1) is 12.2 Å². The van der Waals surface area contributed by atoms with E-state index in [1.807, 2.05) is 25.3 Å². The zero-order valence-corrected chi connectivity index (χ0v) is 13.0. The molecule has 2 aromatic heterocycles. The molecule has 0 aliphatic carbocycles. The summed E-state index contributed by atoms with van der Waals surface area (Å²) in [6.07, 6.45) is 1.85. The van der Waals surface area contributed by atoms with E-state index in [1.54, 1.807) is 0 Å². The van der Waals surface area contributed by atoms with Crippen molar-refractivity contribution in [2.75, 3.05) is 11.4 Å². The summed E-state index contributed by atoms with van der Waals surface area (Å²) < 4.78 is 0. The molecule has 106 valence electrons.